The number of nitro groups is 1. The molecule has 1 aliphatic carbocycles. The van der Waals surface area contributed by atoms with Crippen LogP contribution >= 0.6 is 0 Å². The number of carbonyl (C=O) groups is 1. The second kappa shape index (κ2) is 7.21. The van der Waals surface area contributed by atoms with Crippen LogP contribution in [0.2, 0.25) is 0 Å². The summed E-state index contributed by atoms with van der Waals surface area (Å²) in [5, 5.41) is 31.4. The molecule has 5 rings (SSSR count). The van der Waals surface area contributed by atoms with Crippen molar-refractivity contribution >= 4 is 17.3 Å². The van der Waals surface area contributed by atoms with Gasteiger partial charge in [-0.1, -0.05) is 42.8 Å². The fraction of sp³-hybridized carbons (Fsp3) is 0.292. The second-order valence-electron chi connectivity index (χ2n) is 8.25. The maximum absolute atomic E-state index is 14.1. The Hall–Kier alpha value is -4.17. The number of carbonyl (C=O) groups excluding carboxylic acids is 1. The van der Waals surface area contributed by atoms with Crippen molar-refractivity contribution in [2.24, 2.45) is 11.8 Å². The van der Waals surface area contributed by atoms with Gasteiger partial charge >= 0.3 is 0 Å². The third-order valence-electron chi connectivity index (χ3n) is 6.76. The van der Waals surface area contributed by atoms with Gasteiger partial charge in [-0.3, -0.25) is 14.9 Å². The Morgan fingerprint density at radius 2 is 1.91 bits per heavy atom. The molecule has 2 heterocycles. The van der Waals surface area contributed by atoms with Crippen LogP contribution in [-0.4, -0.2) is 10.8 Å². The standard InChI is InChI=1S/C24H18N4O4/c25-12-17-16-8-4-9-18(16)24(32-21(17)13-26)22-19(10-5-11-20(22)28(30)31)27(23(24)29)14-15-6-2-1-3-7-15/h1-3,5-7,10-11,16,18H,4,8-9,14H2. The lowest BCUT2D eigenvalue weighted by Crippen LogP contribution is -2.51. The molecule has 0 saturated heterocycles. The van der Waals surface area contributed by atoms with Gasteiger partial charge in [-0.2, -0.15) is 10.5 Å². The molecule has 8 heteroatoms. The lowest BCUT2D eigenvalue weighted by atomic mass is 9.71. The highest BCUT2D eigenvalue weighted by Crippen LogP contribution is 2.60. The smallest absolute Gasteiger partial charge is 0.279 e. The normalized spacial score (nSPS) is 25.7. The average Bonchev–Trinajstić information content (AvgIpc) is 3.39. The summed E-state index contributed by atoms with van der Waals surface area (Å²) in [5.74, 6) is -1.44. The summed E-state index contributed by atoms with van der Waals surface area (Å²) in [6.07, 6.45) is 1.95. The molecule has 32 heavy (non-hydrogen) atoms. The van der Waals surface area contributed by atoms with E-state index in [-0.39, 0.29) is 35.0 Å². The maximum Gasteiger partial charge on any atom is 0.279 e. The number of nitro benzene ring substituents is 1. The number of anilines is 1. The number of amides is 1. The van der Waals surface area contributed by atoms with Crippen molar-refractivity contribution in [2.75, 3.05) is 4.90 Å². The van der Waals surface area contributed by atoms with Crippen molar-refractivity contribution in [1.29, 1.82) is 10.5 Å². The number of benzene rings is 2. The van der Waals surface area contributed by atoms with E-state index >= 15 is 0 Å². The summed E-state index contributed by atoms with van der Waals surface area (Å²) >= 11 is 0. The molecule has 2 aromatic rings. The number of fused-ring (bicyclic) bond motifs is 4. The van der Waals surface area contributed by atoms with Crippen LogP contribution in [0.15, 0.2) is 59.9 Å². The number of hydrogen-bond donors (Lipinski definition) is 0. The summed E-state index contributed by atoms with van der Waals surface area (Å²) < 4.78 is 6.10. The van der Waals surface area contributed by atoms with Crippen LogP contribution in [0, 0.1) is 44.6 Å². The van der Waals surface area contributed by atoms with E-state index in [1.165, 1.54) is 11.0 Å². The predicted octanol–water partition coefficient (Wildman–Crippen LogP) is 4.08. The molecular formula is C24H18N4O4. The highest BCUT2D eigenvalue weighted by Gasteiger charge is 2.66. The molecule has 158 valence electrons. The molecule has 1 amide bonds. The van der Waals surface area contributed by atoms with E-state index in [4.69, 9.17) is 4.74 Å². The van der Waals surface area contributed by atoms with E-state index in [9.17, 15) is 25.4 Å². The molecule has 2 aliphatic heterocycles. The molecule has 2 aromatic carbocycles. The van der Waals surface area contributed by atoms with Crippen LogP contribution in [0.3, 0.4) is 0 Å². The fourth-order valence-corrected chi connectivity index (χ4v) is 5.53. The van der Waals surface area contributed by atoms with E-state index in [1.807, 2.05) is 36.4 Å². The van der Waals surface area contributed by atoms with Crippen molar-refractivity contribution in [3.05, 3.63) is 81.1 Å². The largest absolute Gasteiger partial charge is 0.461 e. The van der Waals surface area contributed by atoms with Crippen LogP contribution in [0.5, 0.6) is 0 Å². The maximum atomic E-state index is 14.1. The minimum Gasteiger partial charge on any atom is -0.461 e. The zero-order valence-corrected chi connectivity index (χ0v) is 17.0. The Morgan fingerprint density at radius 1 is 1.12 bits per heavy atom. The molecule has 1 spiro atoms. The number of rotatable bonds is 3. The van der Waals surface area contributed by atoms with Crippen molar-refractivity contribution in [3.63, 3.8) is 0 Å². The number of allylic oxidation sites excluding steroid dienone is 2. The van der Waals surface area contributed by atoms with E-state index in [1.54, 1.807) is 12.1 Å². The summed E-state index contributed by atoms with van der Waals surface area (Å²) in [7, 11) is 0. The first-order valence-electron chi connectivity index (χ1n) is 10.4. The molecule has 3 aliphatic rings. The Labute approximate surface area is 184 Å². The van der Waals surface area contributed by atoms with Crippen LogP contribution in [0.25, 0.3) is 0 Å². The Morgan fingerprint density at radius 3 is 2.59 bits per heavy atom. The first kappa shape index (κ1) is 19.8. The quantitative estimate of drug-likeness (QED) is 0.538. The number of nitrogens with zero attached hydrogens (tertiary/aromatic N) is 4. The van der Waals surface area contributed by atoms with E-state index in [0.29, 0.717) is 18.5 Å². The molecular weight excluding hydrogens is 408 g/mol. The highest BCUT2D eigenvalue weighted by atomic mass is 16.6. The minimum absolute atomic E-state index is 0.188. The zero-order chi connectivity index (χ0) is 22.5. The van der Waals surface area contributed by atoms with Gasteiger partial charge in [0.25, 0.3) is 11.6 Å². The Kier molecular flexibility index (Phi) is 4.45. The molecule has 0 radical (unpaired) electrons. The third kappa shape index (κ3) is 2.56. The molecule has 0 bridgehead atoms. The zero-order valence-electron chi connectivity index (χ0n) is 17.0. The molecule has 1 fully saturated rings. The van der Waals surface area contributed by atoms with Gasteiger partial charge in [-0.25, -0.2) is 0 Å². The van der Waals surface area contributed by atoms with Gasteiger partial charge in [-0.05, 0) is 24.5 Å². The summed E-state index contributed by atoms with van der Waals surface area (Å²) in [5.41, 5.74) is -0.211. The Bertz CT molecular complexity index is 1260. The summed E-state index contributed by atoms with van der Waals surface area (Å²) in [6.45, 7) is 0.215. The summed E-state index contributed by atoms with van der Waals surface area (Å²) in [4.78, 5) is 27.1. The summed E-state index contributed by atoms with van der Waals surface area (Å²) in [6, 6.07) is 18.0. The highest BCUT2D eigenvalue weighted by molar-refractivity contribution is 6.09. The van der Waals surface area contributed by atoms with Crippen LogP contribution in [0.1, 0.15) is 30.4 Å². The SMILES string of the molecule is N#CC1=C(C#N)C2CCCC2C2(O1)C(=O)N(Cc1ccccc1)c1cccc([N+](=O)[O-])c12. The first-order chi connectivity index (χ1) is 15.5. The van der Waals surface area contributed by atoms with Gasteiger partial charge in [0.15, 0.2) is 0 Å². The lowest BCUT2D eigenvalue weighted by Gasteiger charge is -2.41. The molecule has 8 nitrogen and oxygen atoms in total. The van der Waals surface area contributed by atoms with Gasteiger partial charge in [0, 0.05) is 17.9 Å². The van der Waals surface area contributed by atoms with Crippen molar-refractivity contribution in [2.45, 2.75) is 31.4 Å². The number of ether oxygens (including phenoxy) is 1. The fourth-order valence-electron chi connectivity index (χ4n) is 5.53. The minimum atomic E-state index is -1.69. The monoisotopic (exact) mass is 426 g/mol. The molecule has 1 saturated carbocycles. The average molecular weight is 426 g/mol. The number of hydrogen-bond acceptors (Lipinski definition) is 6. The van der Waals surface area contributed by atoms with Crippen molar-refractivity contribution in [3.8, 4) is 12.1 Å². The lowest BCUT2D eigenvalue weighted by molar-refractivity contribution is -0.386. The van der Waals surface area contributed by atoms with Gasteiger partial charge in [0.1, 0.15) is 11.6 Å². The first-order valence-corrected chi connectivity index (χ1v) is 10.4. The van der Waals surface area contributed by atoms with Crippen LogP contribution < -0.4 is 4.90 Å². The Balaban J connectivity index is 1.76. The van der Waals surface area contributed by atoms with E-state index < -0.39 is 22.3 Å². The molecule has 3 atom stereocenters. The topological polar surface area (TPSA) is 120 Å². The molecule has 0 aromatic heterocycles. The van der Waals surface area contributed by atoms with Gasteiger partial charge in [0.05, 0.1) is 28.8 Å². The van der Waals surface area contributed by atoms with Gasteiger partial charge in [0.2, 0.25) is 11.4 Å². The van der Waals surface area contributed by atoms with Gasteiger partial charge in [-0.15, -0.1) is 0 Å². The van der Waals surface area contributed by atoms with Crippen molar-refractivity contribution < 1.29 is 14.5 Å². The number of nitriles is 2. The predicted molar refractivity (Wildman–Crippen MR) is 113 cm³/mol. The van der Waals surface area contributed by atoms with Crippen LogP contribution in [0.4, 0.5) is 11.4 Å². The van der Waals surface area contributed by atoms with Crippen molar-refractivity contribution in [1.82, 2.24) is 0 Å². The van der Waals surface area contributed by atoms with E-state index in [0.717, 1.165) is 12.0 Å². The van der Waals surface area contributed by atoms with Gasteiger partial charge < -0.3 is 9.64 Å². The molecule has 0 N–H and O–H groups in total. The molecule has 3 unspecified atom stereocenters. The third-order valence-corrected chi connectivity index (χ3v) is 6.76. The van der Waals surface area contributed by atoms with E-state index in [2.05, 4.69) is 6.07 Å². The van der Waals surface area contributed by atoms with Crippen LogP contribution in [-0.2, 0) is 21.7 Å². The second-order valence-corrected chi connectivity index (χ2v) is 8.25.